The Morgan fingerprint density at radius 2 is 2.00 bits per heavy atom. The molecule has 0 aromatic heterocycles. The summed E-state index contributed by atoms with van der Waals surface area (Å²) in [5.41, 5.74) is 1.39. The van der Waals surface area contributed by atoms with E-state index in [0.29, 0.717) is 24.3 Å². The third-order valence-corrected chi connectivity index (χ3v) is 4.66. The van der Waals surface area contributed by atoms with Crippen LogP contribution in [-0.4, -0.2) is 42.8 Å². The molecule has 0 radical (unpaired) electrons. The molecule has 2 heterocycles. The smallest absolute Gasteiger partial charge is 0.0706 e. The zero-order valence-electron chi connectivity index (χ0n) is 12.6. The van der Waals surface area contributed by atoms with Crippen molar-refractivity contribution in [1.29, 1.82) is 0 Å². The van der Waals surface area contributed by atoms with Crippen molar-refractivity contribution in [2.24, 2.45) is 0 Å². The molecule has 0 spiro atoms. The first-order chi connectivity index (χ1) is 9.72. The lowest BCUT2D eigenvalue weighted by Crippen LogP contribution is -2.53. The van der Waals surface area contributed by atoms with Crippen LogP contribution in [0.15, 0.2) is 30.3 Å². The van der Waals surface area contributed by atoms with Gasteiger partial charge in [0, 0.05) is 31.7 Å². The van der Waals surface area contributed by atoms with E-state index in [2.05, 4.69) is 54.4 Å². The highest BCUT2D eigenvalue weighted by Gasteiger charge is 2.30. The van der Waals surface area contributed by atoms with Gasteiger partial charge in [0.05, 0.1) is 12.2 Å². The van der Waals surface area contributed by atoms with Crippen LogP contribution < -0.4 is 5.32 Å². The number of piperazine rings is 1. The van der Waals surface area contributed by atoms with Crippen LogP contribution >= 0.6 is 0 Å². The first kappa shape index (κ1) is 14.1. The van der Waals surface area contributed by atoms with Crippen molar-refractivity contribution >= 4 is 0 Å². The molecule has 3 nitrogen and oxygen atoms in total. The average molecular weight is 274 g/mol. The van der Waals surface area contributed by atoms with E-state index in [1.54, 1.807) is 0 Å². The molecule has 0 saturated carbocycles. The first-order valence-corrected chi connectivity index (χ1v) is 7.90. The van der Waals surface area contributed by atoms with E-state index in [0.717, 1.165) is 19.6 Å². The van der Waals surface area contributed by atoms with Gasteiger partial charge in [-0.2, -0.15) is 0 Å². The highest BCUT2D eigenvalue weighted by atomic mass is 16.5. The highest BCUT2D eigenvalue weighted by Crippen LogP contribution is 2.24. The number of hydrogen-bond donors (Lipinski definition) is 1. The van der Waals surface area contributed by atoms with E-state index in [9.17, 15) is 0 Å². The van der Waals surface area contributed by atoms with Gasteiger partial charge in [-0.3, -0.25) is 4.90 Å². The van der Waals surface area contributed by atoms with Crippen LogP contribution in [0.2, 0.25) is 0 Å². The first-order valence-electron chi connectivity index (χ1n) is 7.90. The van der Waals surface area contributed by atoms with E-state index >= 15 is 0 Å². The number of hydrogen-bond acceptors (Lipinski definition) is 3. The molecule has 2 aliphatic rings. The Balaban J connectivity index is 1.61. The summed E-state index contributed by atoms with van der Waals surface area (Å²) in [5.74, 6) is 0. The molecule has 2 saturated heterocycles. The topological polar surface area (TPSA) is 24.5 Å². The predicted octanol–water partition coefficient (Wildman–Crippen LogP) is 2.59. The molecule has 110 valence electrons. The van der Waals surface area contributed by atoms with Crippen LogP contribution in [0, 0.1) is 0 Å². The lowest BCUT2D eigenvalue weighted by atomic mass is 10.0. The Kier molecular flexibility index (Phi) is 4.39. The summed E-state index contributed by atoms with van der Waals surface area (Å²) in [6.07, 6.45) is 3.31. The normalized spacial score (nSPS) is 35.3. The average Bonchev–Trinajstić information content (AvgIpc) is 2.88. The van der Waals surface area contributed by atoms with Crippen LogP contribution in [-0.2, 0) is 4.74 Å². The molecule has 20 heavy (non-hydrogen) atoms. The fourth-order valence-corrected chi connectivity index (χ4v) is 3.37. The van der Waals surface area contributed by atoms with Gasteiger partial charge in [0.25, 0.3) is 0 Å². The molecule has 2 fully saturated rings. The fraction of sp³-hybridized carbons (Fsp3) is 0.647. The van der Waals surface area contributed by atoms with Gasteiger partial charge in [-0.05, 0) is 32.3 Å². The molecule has 3 rings (SSSR count). The Labute approximate surface area is 122 Å². The van der Waals surface area contributed by atoms with Gasteiger partial charge in [-0.25, -0.2) is 0 Å². The Morgan fingerprint density at radius 3 is 2.70 bits per heavy atom. The molecule has 1 N–H and O–H groups in total. The summed E-state index contributed by atoms with van der Waals surface area (Å²) in [6, 6.07) is 11.8. The van der Waals surface area contributed by atoms with Crippen LogP contribution in [0.5, 0.6) is 0 Å². The van der Waals surface area contributed by atoms with Gasteiger partial charge in [0.1, 0.15) is 0 Å². The number of ether oxygens (including phenoxy) is 1. The maximum Gasteiger partial charge on any atom is 0.0706 e. The van der Waals surface area contributed by atoms with Crippen LogP contribution in [0.4, 0.5) is 0 Å². The zero-order chi connectivity index (χ0) is 13.9. The number of benzene rings is 1. The Bertz CT molecular complexity index is 422. The van der Waals surface area contributed by atoms with Gasteiger partial charge in [-0.15, -0.1) is 0 Å². The molecular weight excluding hydrogens is 248 g/mol. The molecule has 1 aromatic carbocycles. The van der Waals surface area contributed by atoms with Crippen molar-refractivity contribution in [3.05, 3.63) is 35.9 Å². The van der Waals surface area contributed by atoms with Crippen molar-refractivity contribution in [1.82, 2.24) is 10.2 Å². The number of rotatable bonds is 3. The van der Waals surface area contributed by atoms with Gasteiger partial charge < -0.3 is 10.1 Å². The molecule has 3 heteroatoms. The van der Waals surface area contributed by atoms with Crippen LogP contribution in [0.1, 0.15) is 38.3 Å². The second-order valence-corrected chi connectivity index (χ2v) is 6.32. The van der Waals surface area contributed by atoms with E-state index in [1.807, 2.05) is 0 Å². The van der Waals surface area contributed by atoms with Gasteiger partial charge in [-0.1, -0.05) is 30.3 Å². The van der Waals surface area contributed by atoms with Crippen molar-refractivity contribution in [2.75, 3.05) is 19.6 Å². The molecule has 0 bridgehead atoms. The second-order valence-electron chi connectivity index (χ2n) is 6.32. The lowest BCUT2D eigenvalue weighted by Gasteiger charge is -2.40. The van der Waals surface area contributed by atoms with E-state index in [1.165, 1.54) is 18.4 Å². The Hall–Kier alpha value is -0.900. The second kappa shape index (κ2) is 6.25. The maximum absolute atomic E-state index is 5.99. The summed E-state index contributed by atoms with van der Waals surface area (Å²) in [5, 5.41) is 3.67. The van der Waals surface area contributed by atoms with Crippen molar-refractivity contribution in [3.63, 3.8) is 0 Å². The molecule has 4 unspecified atom stereocenters. The quantitative estimate of drug-likeness (QED) is 0.917. The highest BCUT2D eigenvalue weighted by molar-refractivity contribution is 5.20. The van der Waals surface area contributed by atoms with E-state index < -0.39 is 0 Å². The summed E-state index contributed by atoms with van der Waals surface area (Å²) < 4.78 is 5.99. The van der Waals surface area contributed by atoms with E-state index in [4.69, 9.17) is 4.74 Å². The van der Waals surface area contributed by atoms with E-state index in [-0.39, 0.29) is 0 Å². The third-order valence-electron chi connectivity index (χ3n) is 4.66. The van der Waals surface area contributed by atoms with Crippen molar-refractivity contribution in [3.8, 4) is 0 Å². The summed E-state index contributed by atoms with van der Waals surface area (Å²) in [6.45, 7) is 7.72. The SMILES string of the molecule is CC1CCC(CN2CC(c3ccccc3)NCC2C)O1. The molecule has 1 aromatic rings. The van der Waals surface area contributed by atoms with Crippen LogP contribution in [0.25, 0.3) is 0 Å². The minimum atomic E-state index is 0.432. The third kappa shape index (κ3) is 3.22. The fourth-order valence-electron chi connectivity index (χ4n) is 3.37. The summed E-state index contributed by atoms with van der Waals surface area (Å²) >= 11 is 0. The van der Waals surface area contributed by atoms with Crippen molar-refractivity contribution in [2.45, 2.75) is 51.0 Å². The molecule has 0 aliphatic carbocycles. The van der Waals surface area contributed by atoms with Gasteiger partial charge in [0.15, 0.2) is 0 Å². The molecule has 4 atom stereocenters. The number of nitrogens with one attached hydrogen (secondary N) is 1. The maximum atomic E-state index is 5.99. The lowest BCUT2D eigenvalue weighted by molar-refractivity contribution is 0.0133. The monoisotopic (exact) mass is 274 g/mol. The largest absolute Gasteiger partial charge is 0.374 e. The van der Waals surface area contributed by atoms with Gasteiger partial charge in [0.2, 0.25) is 0 Å². The molecule has 0 amide bonds. The van der Waals surface area contributed by atoms with Crippen LogP contribution in [0.3, 0.4) is 0 Å². The predicted molar refractivity (Wildman–Crippen MR) is 81.8 cm³/mol. The standard InChI is InChI=1S/C17H26N2O/c1-13-10-18-17(15-6-4-3-5-7-15)12-19(13)11-16-9-8-14(2)20-16/h3-7,13-14,16-18H,8-12H2,1-2H3. The summed E-state index contributed by atoms with van der Waals surface area (Å²) in [7, 11) is 0. The molecular formula is C17H26N2O. The van der Waals surface area contributed by atoms with Gasteiger partial charge >= 0.3 is 0 Å². The minimum absolute atomic E-state index is 0.432. The zero-order valence-corrected chi connectivity index (χ0v) is 12.6. The minimum Gasteiger partial charge on any atom is -0.374 e. The number of nitrogens with zero attached hydrogens (tertiary/aromatic N) is 1. The Morgan fingerprint density at radius 1 is 1.20 bits per heavy atom. The summed E-state index contributed by atoms with van der Waals surface area (Å²) in [4.78, 5) is 2.59. The molecule has 2 aliphatic heterocycles. The van der Waals surface area contributed by atoms with Crippen molar-refractivity contribution < 1.29 is 4.74 Å².